The first-order valence-electron chi connectivity index (χ1n) is 8.51. The summed E-state index contributed by atoms with van der Waals surface area (Å²) in [5.74, 6) is -0.0612. The number of benzene rings is 2. The second-order valence-corrected chi connectivity index (χ2v) is 8.10. The number of carbonyl (C=O) groups is 1. The average Bonchev–Trinajstić information content (AvgIpc) is 2.70. The highest BCUT2D eigenvalue weighted by molar-refractivity contribution is 7.91. The largest absolute Gasteiger partial charge is 0.445 e. The van der Waals surface area contributed by atoms with Gasteiger partial charge in [-0.3, -0.25) is 0 Å². The molecule has 0 bridgehead atoms. The van der Waals surface area contributed by atoms with Crippen LogP contribution in [0.15, 0.2) is 59.5 Å². The van der Waals surface area contributed by atoms with Gasteiger partial charge in [-0.05, 0) is 23.3 Å². The number of carbonyl (C=O) groups excluding carboxylic acids is 1. The Balaban J connectivity index is 2.07. The van der Waals surface area contributed by atoms with E-state index < -0.39 is 35.2 Å². The molecule has 28 heavy (non-hydrogen) atoms. The van der Waals surface area contributed by atoms with E-state index in [0.29, 0.717) is 5.56 Å². The number of rotatable bonds is 9. The van der Waals surface area contributed by atoms with Gasteiger partial charge < -0.3 is 14.8 Å². The number of nitrogens with one attached hydrogen (secondary N) is 1. The molecule has 0 spiro atoms. The summed E-state index contributed by atoms with van der Waals surface area (Å²) in [4.78, 5) is 12.2. The van der Waals surface area contributed by atoms with Crippen LogP contribution in [0.3, 0.4) is 0 Å². The highest BCUT2D eigenvalue weighted by atomic mass is 32.2. The molecule has 152 valence electrons. The van der Waals surface area contributed by atoms with Crippen LogP contribution >= 0.6 is 0 Å². The summed E-state index contributed by atoms with van der Waals surface area (Å²) in [6.45, 7) is -1.97. The van der Waals surface area contributed by atoms with E-state index in [4.69, 9.17) is 4.74 Å². The van der Waals surface area contributed by atoms with Crippen LogP contribution in [-0.2, 0) is 25.9 Å². The van der Waals surface area contributed by atoms with Crippen molar-refractivity contribution in [1.82, 2.24) is 5.32 Å². The quantitative estimate of drug-likeness (QED) is 0.678. The van der Waals surface area contributed by atoms with Crippen molar-refractivity contribution in [2.24, 2.45) is 0 Å². The van der Waals surface area contributed by atoms with Crippen molar-refractivity contribution in [2.75, 3.05) is 12.4 Å². The lowest BCUT2D eigenvalue weighted by molar-refractivity contribution is -0.133. The maximum absolute atomic E-state index is 12.4. The van der Waals surface area contributed by atoms with Crippen molar-refractivity contribution in [3.63, 3.8) is 0 Å². The monoisotopic (exact) mass is 413 g/mol. The zero-order chi connectivity index (χ0) is 20.6. The van der Waals surface area contributed by atoms with Gasteiger partial charge >= 0.3 is 12.7 Å². The summed E-state index contributed by atoms with van der Waals surface area (Å²) in [5, 5.41) is 2.46. The van der Waals surface area contributed by atoms with Gasteiger partial charge in [-0.15, -0.1) is 0 Å². The highest BCUT2D eigenvalue weighted by Gasteiger charge is 2.19. The zero-order valence-corrected chi connectivity index (χ0v) is 16.0. The summed E-state index contributed by atoms with van der Waals surface area (Å²) < 4.78 is 58.1. The first kappa shape index (κ1) is 21.8. The second kappa shape index (κ2) is 10.1. The van der Waals surface area contributed by atoms with Gasteiger partial charge in [0.15, 0.2) is 9.84 Å². The molecular weight excluding hydrogens is 392 g/mol. The van der Waals surface area contributed by atoms with E-state index in [1.165, 1.54) is 31.2 Å². The van der Waals surface area contributed by atoms with E-state index in [9.17, 15) is 22.0 Å². The number of alkyl carbamates (subject to hydrolysis) is 1. The van der Waals surface area contributed by atoms with Crippen molar-refractivity contribution >= 4 is 15.9 Å². The predicted octanol–water partition coefficient (Wildman–Crippen LogP) is 3.69. The van der Waals surface area contributed by atoms with E-state index in [1.54, 1.807) is 24.3 Å². The molecule has 0 radical (unpaired) electrons. The molecule has 9 heteroatoms. The van der Waals surface area contributed by atoms with Gasteiger partial charge in [0.25, 0.3) is 0 Å². The third-order valence-corrected chi connectivity index (χ3v) is 5.67. The Morgan fingerprint density at radius 2 is 1.71 bits per heavy atom. The molecule has 0 fully saturated rings. The SMILES string of the molecule is CCS(=O)(=O)c1ccc([C@H](COC(F)F)NC(=O)OCc2ccccc2)cc1. The van der Waals surface area contributed by atoms with Gasteiger partial charge in [0.05, 0.1) is 23.3 Å². The van der Waals surface area contributed by atoms with Crippen LogP contribution in [0.2, 0.25) is 0 Å². The molecule has 0 unspecified atom stereocenters. The molecule has 6 nitrogen and oxygen atoms in total. The van der Waals surface area contributed by atoms with Crippen LogP contribution in [0, 0.1) is 0 Å². The Morgan fingerprint density at radius 1 is 1.07 bits per heavy atom. The second-order valence-electron chi connectivity index (χ2n) is 5.83. The smallest absolute Gasteiger partial charge is 0.408 e. The normalized spacial score (nSPS) is 12.6. The van der Waals surface area contributed by atoms with Gasteiger partial charge in [0.2, 0.25) is 0 Å². The van der Waals surface area contributed by atoms with Crippen molar-refractivity contribution in [2.45, 2.75) is 31.1 Å². The minimum atomic E-state index is -3.39. The molecule has 2 rings (SSSR count). The number of amides is 1. The van der Waals surface area contributed by atoms with Gasteiger partial charge in [0.1, 0.15) is 6.61 Å². The maximum atomic E-state index is 12.4. The van der Waals surface area contributed by atoms with Gasteiger partial charge in [0, 0.05) is 0 Å². The molecule has 1 atom stereocenters. The molecule has 1 amide bonds. The summed E-state index contributed by atoms with van der Waals surface area (Å²) >= 11 is 0. The zero-order valence-electron chi connectivity index (χ0n) is 15.2. The Labute approximate surface area is 162 Å². The van der Waals surface area contributed by atoms with Crippen LogP contribution < -0.4 is 5.32 Å². The minimum absolute atomic E-state index is 0.0166. The van der Waals surface area contributed by atoms with Crippen LogP contribution in [0.25, 0.3) is 0 Å². The molecule has 2 aromatic carbocycles. The Hall–Kier alpha value is -2.52. The van der Waals surface area contributed by atoms with E-state index in [2.05, 4.69) is 10.1 Å². The highest BCUT2D eigenvalue weighted by Crippen LogP contribution is 2.19. The van der Waals surface area contributed by atoms with Crippen LogP contribution in [-0.4, -0.2) is 33.5 Å². The molecule has 0 saturated heterocycles. The predicted molar refractivity (Wildman–Crippen MR) is 98.6 cm³/mol. The fraction of sp³-hybridized carbons (Fsp3) is 0.316. The molecular formula is C19H21F2NO5S. The molecule has 0 saturated carbocycles. The van der Waals surface area contributed by atoms with Crippen molar-refractivity contribution in [3.8, 4) is 0 Å². The summed E-state index contributed by atoms with van der Waals surface area (Å²) in [6, 6.07) is 13.6. The summed E-state index contributed by atoms with van der Waals surface area (Å²) in [5.41, 5.74) is 1.18. The van der Waals surface area contributed by atoms with E-state index in [-0.39, 0.29) is 17.3 Å². The Bertz CT molecular complexity index is 858. The third-order valence-electron chi connectivity index (χ3n) is 3.92. The number of halogens is 2. The van der Waals surface area contributed by atoms with E-state index in [1.807, 2.05) is 6.07 Å². The van der Waals surface area contributed by atoms with Crippen molar-refractivity contribution < 1.29 is 31.5 Å². The third kappa shape index (κ3) is 6.58. The number of hydrogen-bond acceptors (Lipinski definition) is 5. The first-order valence-corrected chi connectivity index (χ1v) is 10.2. The minimum Gasteiger partial charge on any atom is -0.445 e. The molecule has 1 N–H and O–H groups in total. The summed E-state index contributed by atoms with van der Waals surface area (Å²) in [7, 11) is -3.39. The van der Waals surface area contributed by atoms with E-state index >= 15 is 0 Å². The molecule has 0 aliphatic heterocycles. The summed E-state index contributed by atoms with van der Waals surface area (Å²) in [6.07, 6.45) is -0.808. The van der Waals surface area contributed by atoms with Crippen LogP contribution in [0.4, 0.5) is 13.6 Å². The Morgan fingerprint density at radius 3 is 2.29 bits per heavy atom. The molecule has 0 aliphatic rings. The van der Waals surface area contributed by atoms with Crippen molar-refractivity contribution in [1.29, 1.82) is 0 Å². The van der Waals surface area contributed by atoms with Crippen LogP contribution in [0.5, 0.6) is 0 Å². The lowest BCUT2D eigenvalue weighted by Gasteiger charge is -2.19. The number of ether oxygens (including phenoxy) is 2. The lowest BCUT2D eigenvalue weighted by Crippen LogP contribution is -2.32. The standard InChI is InChI=1S/C19H21F2NO5S/c1-2-28(24,25)16-10-8-15(9-11-16)17(13-26-18(20)21)22-19(23)27-12-14-6-4-3-5-7-14/h3-11,17-18H,2,12-13H2,1H3,(H,22,23)/t17-/m0/s1. The Kier molecular flexibility index (Phi) is 7.89. The maximum Gasteiger partial charge on any atom is 0.408 e. The van der Waals surface area contributed by atoms with Gasteiger partial charge in [-0.25, -0.2) is 13.2 Å². The average molecular weight is 413 g/mol. The molecule has 0 aliphatic carbocycles. The van der Waals surface area contributed by atoms with Crippen LogP contribution in [0.1, 0.15) is 24.1 Å². The molecule has 0 heterocycles. The number of sulfone groups is 1. The molecule has 0 aromatic heterocycles. The van der Waals surface area contributed by atoms with E-state index in [0.717, 1.165) is 5.56 Å². The first-order chi connectivity index (χ1) is 13.3. The fourth-order valence-electron chi connectivity index (χ4n) is 2.37. The van der Waals surface area contributed by atoms with Crippen molar-refractivity contribution in [3.05, 3.63) is 65.7 Å². The number of alkyl halides is 2. The topological polar surface area (TPSA) is 81.7 Å². The fourth-order valence-corrected chi connectivity index (χ4v) is 3.26. The van der Waals surface area contributed by atoms with Gasteiger partial charge in [-0.1, -0.05) is 49.4 Å². The molecule has 2 aromatic rings. The number of hydrogen-bond donors (Lipinski definition) is 1. The van der Waals surface area contributed by atoms with Gasteiger partial charge in [-0.2, -0.15) is 8.78 Å². The lowest BCUT2D eigenvalue weighted by atomic mass is 10.1.